The Balaban J connectivity index is 1.35. The number of amides is 1. The molecule has 0 radical (unpaired) electrons. The number of hydrogen-bond acceptors (Lipinski definition) is 4. The molecule has 1 amide bonds. The van der Waals surface area contributed by atoms with E-state index in [2.05, 4.69) is 10.0 Å². The largest absolute Gasteiger partial charge is 0.491 e. The van der Waals surface area contributed by atoms with Crippen LogP contribution in [0.1, 0.15) is 15.9 Å². The smallest absolute Gasteiger partial charge is 0.261 e. The summed E-state index contributed by atoms with van der Waals surface area (Å²) in [6.45, 7) is 2.42. The van der Waals surface area contributed by atoms with Crippen LogP contribution < -0.4 is 14.8 Å². The maximum absolute atomic E-state index is 12.5. The van der Waals surface area contributed by atoms with Gasteiger partial charge in [-0.2, -0.15) is 0 Å². The van der Waals surface area contributed by atoms with Gasteiger partial charge in [-0.05, 0) is 54.3 Å². The molecule has 0 saturated carbocycles. The summed E-state index contributed by atoms with van der Waals surface area (Å²) in [5, 5.41) is 4.95. The topological polar surface area (TPSA) is 84.5 Å². The first kappa shape index (κ1) is 22.4. The van der Waals surface area contributed by atoms with Gasteiger partial charge in [0.2, 0.25) is 0 Å². The third kappa shape index (κ3) is 5.32. The molecule has 0 spiro atoms. The van der Waals surface area contributed by atoms with E-state index in [1.165, 1.54) is 12.1 Å². The van der Waals surface area contributed by atoms with E-state index < -0.39 is 10.0 Å². The Labute approximate surface area is 193 Å². The van der Waals surface area contributed by atoms with Crippen molar-refractivity contribution in [3.63, 3.8) is 0 Å². The molecule has 0 heterocycles. The lowest BCUT2D eigenvalue weighted by atomic mass is 10.1. The summed E-state index contributed by atoms with van der Waals surface area (Å²) >= 11 is 0. The summed E-state index contributed by atoms with van der Waals surface area (Å²) < 4.78 is 33.5. The highest BCUT2D eigenvalue weighted by molar-refractivity contribution is 7.92. The molecule has 6 nitrogen and oxygen atoms in total. The first-order valence-electron chi connectivity index (χ1n) is 10.5. The second-order valence-electron chi connectivity index (χ2n) is 7.53. The molecule has 0 fully saturated rings. The van der Waals surface area contributed by atoms with E-state index in [1.54, 1.807) is 43.3 Å². The molecule has 0 aliphatic heterocycles. The van der Waals surface area contributed by atoms with Crippen molar-refractivity contribution in [3.05, 3.63) is 102 Å². The van der Waals surface area contributed by atoms with Crippen LogP contribution in [0.3, 0.4) is 0 Å². The number of anilines is 1. The average molecular weight is 461 g/mol. The van der Waals surface area contributed by atoms with E-state index in [9.17, 15) is 13.2 Å². The van der Waals surface area contributed by atoms with Gasteiger partial charge in [-0.1, -0.05) is 54.6 Å². The van der Waals surface area contributed by atoms with Crippen molar-refractivity contribution < 1.29 is 17.9 Å². The summed E-state index contributed by atoms with van der Waals surface area (Å²) in [5.74, 6) is 0.519. The Morgan fingerprint density at radius 3 is 2.39 bits per heavy atom. The van der Waals surface area contributed by atoms with Crippen molar-refractivity contribution in [2.24, 2.45) is 0 Å². The maximum atomic E-state index is 12.5. The fraction of sp³-hybridized carbons (Fsp3) is 0.115. The standard InChI is InChI=1S/C26H24N2O4S/c1-19-18-21(14-15-24(19)28-33(30,31)22-10-3-2-4-11-22)26(29)27-16-17-32-25-13-7-9-20-8-5-6-12-23(20)25/h2-15,18,28H,16-17H2,1H3,(H,27,29). The third-order valence-electron chi connectivity index (χ3n) is 5.18. The lowest BCUT2D eigenvalue weighted by molar-refractivity contribution is 0.0947. The average Bonchev–Trinajstić information content (AvgIpc) is 2.83. The van der Waals surface area contributed by atoms with Crippen molar-refractivity contribution >= 4 is 32.4 Å². The SMILES string of the molecule is Cc1cc(C(=O)NCCOc2cccc3ccccc23)ccc1NS(=O)(=O)c1ccccc1. The van der Waals surface area contributed by atoms with Gasteiger partial charge in [0.15, 0.2) is 0 Å². The zero-order valence-corrected chi connectivity index (χ0v) is 18.9. The van der Waals surface area contributed by atoms with Crippen LogP contribution in [0.25, 0.3) is 10.8 Å². The Hall–Kier alpha value is -3.84. The Bertz CT molecular complexity index is 1380. The predicted molar refractivity (Wildman–Crippen MR) is 130 cm³/mol. The first-order chi connectivity index (χ1) is 15.9. The van der Waals surface area contributed by atoms with Gasteiger partial charge in [0.1, 0.15) is 12.4 Å². The monoisotopic (exact) mass is 460 g/mol. The van der Waals surface area contributed by atoms with Crippen LogP contribution in [-0.4, -0.2) is 27.5 Å². The molecule has 0 aliphatic rings. The first-order valence-corrected chi connectivity index (χ1v) is 12.0. The van der Waals surface area contributed by atoms with Crippen molar-refractivity contribution in [1.82, 2.24) is 5.32 Å². The molecule has 168 valence electrons. The summed E-state index contributed by atoms with van der Waals surface area (Å²) in [5.41, 5.74) is 1.52. The molecule has 7 heteroatoms. The molecule has 0 aromatic heterocycles. The minimum absolute atomic E-state index is 0.178. The van der Waals surface area contributed by atoms with Crippen molar-refractivity contribution in [3.8, 4) is 5.75 Å². The van der Waals surface area contributed by atoms with Crippen LogP contribution in [0.15, 0.2) is 95.9 Å². The number of nitrogens with one attached hydrogen (secondary N) is 2. The lowest BCUT2D eigenvalue weighted by Crippen LogP contribution is -2.28. The van der Waals surface area contributed by atoms with E-state index in [4.69, 9.17) is 4.74 Å². The van der Waals surface area contributed by atoms with Crippen molar-refractivity contribution in [1.29, 1.82) is 0 Å². The highest BCUT2D eigenvalue weighted by atomic mass is 32.2. The van der Waals surface area contributed by atoms with Gasteiger partial charge in [0.25, 0.3) is 15.9 Å². The van der Waals surface area contributed by atoms with Gasteiger partial charge in [-0.15, -0.1) is 0 Å². The van der Waals surface area contributed by atoms with Gasteiger partial charge >= 0.3 is 0 Å². The number of carbonyl (C=O) groups is 1. The van der Waals surface area contributed by atoms with Gasteiger partial charge in [0, 0.05) is 10.9 Å². The fourth-order valence-corrected chi connectivity index (χ4v) is 4.62. The second-order valence-corrected chi connectivity index (χ2v) is 9.21. The number of carbonyl (C=O) groups excluding carboxylic acids is 1. The number of benzene rings is 4. The lowest BCUT2D eigenvalue weighted by Gasteiger charge is -2.13. The molecule has 4 rings (SSSR count). The Kier molecular flexibility index (Phi) is 6.60. The third-order valence-corrected chi connectivity index (χ3v) is 6.56. The normalized spacial score (nSPS) is 11.2. The number of sulfonamides is 1. The maximum Gasteiger partial charge on any atom is 0.261 e. The highest BCUT2D eigenvalue weighted by Gasteiger charge is 2.15. The molecular formula is C26H24N2O4S. The van der Waals surface area contributed by atoms with Crippen molar-refractivity contribution in [2.75, 3.05) is 17.9 Å². The van der Waals surface area contributed by atoms with E-state index in [0.29, 0.717) is 30.0 Å². The molecule has 4 aromatic rings. The Morgan fingerprint density at radius 1 is 0.879 bits per heavy atom. The van der Waals surface area contributed by atoms with Gasteiger partial charge in [0.05, 0.1) is 17.1 Å². The summed E-state index contributed by atoms with van der Waals surface area (Å²) in [4.78, 5) is 12.7. The molecule has 4 aromatic carbocycles. The number of aryl methyl sites for hydroxylation is 1. The van der Waals surface area contributed by atoms with E-state index in [0.717, 1.165) is 16.5 Å². The van der Waals surface area contributed by atoms with Gasteiger partial charge in [-0.25, -0.2) is 8.42 Å². The van der Waals surface area contributed by atoms with Crippen LogP contribution in [0, 0.1) is 6.92 Å². The highest BCUT2D eigenvalue weighted by Crippen LogP contribution is 2.25. The number of hydrogen-bond donors (Lipinski definition) is 2. The van der Waals surface area contributed by atoms with Crippen LogP contribution in [0.5, 0.6) is 5.75 Å². The van der Waals surface area contributed by atoms with E-state index >= 15 is 0 Å². The summed E-state index contributed by atoms with van der Waals surface area (Å²) in [6.07, 6.45) is 0. The van der Waals surface area contributed by atoms with Crippen LogP contribution in [0.2, 0.25) is 0 Å². The molecule has 0 aliphatic carbocycles. The molecule has 0 bridgehead atoms. The molecule has 0 atom stereocenters. The minimum Gasteiger partial charge on any atom is -0.491 e. The summed E-state index contributed by atoms with van der Waals surface area (Å²) in [6, 6.07) is 26.8. The zero-order valence-electron chi connectivity index (χ0n) is 18.1. The predicted octanol–water partition coefficient (Wildman–Crippen LogP) is 4.76. The molecule has 0 unspecified atom stereocenters. The number of fused-ring (bicyclic) bond motifs is 1. The molecule has 2 N–H and O–H groups in total. The number of rotatable bonds is 8. The summed E-state index contributed by atoms with van der Waals surface area (Å²) in [7, 11) is -3.70. The quantitative estimate of drug-likeness (QED) is 0.372. The molecule has 0 saturated heterocycles. The minimum atomic E-state index is -3.70. The van der Waals surface area contributed by atoms with Gasteiger partial charge in [-0.3, -0.25) is 9.52 Å². The second kappa shape index (κ2) is 9.75. The zero-order chi connectivity index (χ0) is 23.3. The van der Waals surface area contributed by atoms with E-state index in [-0.39, 0.29) is 10.8 Å². The number of ether oxygens (including phenoxy) is 1. The van der Waals surface area contributed by atoms with Crippen LogP contribution in [-0.2, 0) is 10.0 Å². The fourth-order valence-electron chi connectivity index (χ4n) is 3.47. The molecular weight excluding hydrogens is 436 g/mol. The van der Waals surface area contributed by atoms with Gasteiger partial charge < -0.3 is 10.1 Å². The van der Waals surface area contributed by atoms with Crippen LogP contribution in [0.4, 0.5) is 5.69 Å². The molecule has 33 heavy (non-hydrogen) atoms. The van der Waals surface area contributed by atoms with E-state index in [1.807, 2.05) is 42.5 Å². The van der Waals surface area contributed by atoms with Crippen molar-refractivity contribution in [2.45, 2.75) is 11.8 Å². The van der Waals surface area contributed by atoms with Crippen LogP contribution >= 0.6 is 0 Å². The Morgan fingerprint density at radius 2 is 1.61 bits per heavy atom.